The number of allylic oxidation sites excluding steroid dienone is 3. The zero-order valence-corrected chi connectivity index (χ0v) is 11.3. The van der Waals surface area contributed by atoms with Crippen LogP contribution >= 0.6 is 0 Å². The van der Waals surface area contributed by atoms with E-state index in [0.29, 0.717) is 11.1 Å². The van der Waals surface area contributed by atoms with E-state index in [4.69, 9.17) is 0 Å². The molecule has 2 amide bonds. The molecule has 0 N–H and O–H groups in total. The van der Waals surface area contributed by atoms with Gasteiger partial charge in [0.2, 0.25) is 0 Å². The second-order valence-electron chi connectivity index (χ2n) is 4.92. The first-order valence-electron chi connectivity index (χ1n) is 6.69. The Morgan fingerprint density at radius 2 is 1.65 bits per heavy atom. The number of carbonyl (C=O) groups is 2. The van der Waals surface area contributed by atoms with Gasteiger partial charge in [-0.15, -0.1) is 0 Å². The summed E-state index contributed by atoms with van der Waals surface area (Å²) in [5, 5.41) is 0. The van der Waals surface area contributed by atoms with Crippen molar-refractivity contribution < 1.29 is 9.59 Å². The van der Waals surface area contributed by atoms with E-state index in [1.54, 1.807) is 0 Å². The van der Waals surface area contributed by atoms with Crippen molar-refractivity contribution in [2.75, 3.05) is 7.05 Å². The lowest BCUT2D eigenvalue weighted by Gasteiger charge is -2.09. The molecule has 0 saturated heterocycles. The summed E-state index contributed by atoms with van der Waals surface area (Å²) in [5.74, 6) is -0.442. The van der Waals surface area contributed by atoms with Gasteiger partial charge < -0.3 is 0 Å². The summed E-state index contributed by atoms with van der Waals surface area (Å²) in [6, 6.07) is 9.39. The Labute approximate surface area is 117 Å². The Morgan fingerprint density at radius 3 is 2.30 bits per heavy atom. The van der Waals surface area contributed by atoms with E-state index in [0.717, 1.165) is 24.0 Å². The first-order chi connectivity index (χ1) is 9.70. The molecule has 0 aromatic heterocycles. The van der Waals surface area contributed by atoms with Crippen LogP contribution in [0, 0.1) is 0 Å². The number of imide groups is 1. The third kappa shape index (κ3) is 1.92. The number of hydrogen-bond acceptors (Lipinski definition) is 2. The van der Waals surface area contributed by atoms with Crippen LogP contribution in [0.25, 0.3) is 5.57 Å². The minimum atomic E-state index is -0.226. The Bertz CT molecular complexity index is 665. The topological polar surface area (TPSA) is 37.4 Å². The van der Waals surface area contributed by atoms with E-state index in [1.165, 1.54) is 11.9 Å². The Balaban J connectivity index is 2.20. The Hall–Kier alpha value is -2.42. The highest BCUT2D eigenvalue weighted by molar-refractivity contribution is 6.37. The fraction of sp³-hybridized carbons (Fsp3) is 0.176. The van der Waals surface area contributed by atoms with Crippen LogP contribution in [0.15, 0.2) is 59.7 Å². The van der Waals surface area contributed by atoms with Gasteiger partial charge in [-0.2, -0.15) is 0 Å². The molecule has 1 aromatic carbocycles. The molecular weight excluding hydrogens is 250 g/mol. The van der Waals surface area contributed by atoms with Crippen LogP contribution in [0.3, 0.4) is 0 Å². The largest absolute Gasteiger partial charge is 0.277 e. The molecule has 1 heterocycles. The summed E-state index contributed by atoms with van der Waals surface area (Å²) in [4.78, 5) is 25.9. The molecule has 0 atom stereocenters. The SMILES string of the molecule is CN1C(=O)C(C2=CCCC=C2)=C(c2ccccc2)C1=O. The molecule has 2 aliphatic rings. The standard InChI is InChI=1S/C17H15NO2/c1-18-16(19)14(12-8-4-2-5-9-12)15(17(18)20)13-10-6-3-7-11-13/h2,4-6,8-11H,3,7H2,1H3. The van der Waals surface area contributed by atoms with Crippen LogP contribution < -0.4 is 0 Å². The molecule has 100 valence electrons. The van der Waals surface area contributed by atoms with E-state index in [1.807, 2.05) is 48.6 Å². The molecule has 0 saturated carbocycles. The van der Waals surface area contributed by atoms with Crippen molar-refractivity contribution in [3.8, 4) is 0 Å². The minimum absolute atomic E-state index is 0.216. The maximum absolute atomic E-state index is 12.4. The number of amides is 2. The van der Waals surface area contributed by atoms with Crippen molar-refractivity contribution in [3.63, 3.8) is 0 Å². The molecule has 20 heavy (non-hydrogen) atoms. The molecule has 0 bridgehead atoms. The third-order valence-corrected chi connectivity index (χ3v) is 3.63. The number of benzene rings is 1. The molecule has 0 radical (unpaired) electrons. The summed E-state index contributed by atoms with van der Waals surface area (Å²) in [6.07, 6.45) is 7.90. The van der Waals surface area contributed by atoms with Gasteiger partial charge in [0.15, 0.2) is 0 Å². The summed E-state index contributed by atoms with van der Waals surface area (Å²) in [7, 11) is 1.54. The van der Waals surface area contributed by atoms with Crippen molar-refractivity contribution >= 4 is 17.4 Å². The molecule has 3 rings (SSSR count). The molecular formula is C17H15NO2. The van der Waals surface area contributed by atoms with Crippen LogP contribution in [-0.2, 0) is 9.59 Å². The van der Waals surface area contributed by atoms with Gasteiger partial charge in [-0.05, 0) is 24.0 Å². The molecule has 3 heteroatoms. The molecule has 1 aromatic rings. The highest BCUT2D eigenvalue weighted by Crippen LogP contribution is 2.34. The average molecular weight is 265 g/mol. The zero-order chi connectivity index (χ0) is 14.1. The second-order valence-corrected chi connectivity index (χ2v) is 4.92. The smallest absolute Gasteiger partial charge is 0.261 e. The fourth-order valence-corrected chi connectivity index (χ4v) is 2.58. The first kappa shape index (κ1) is 12.6. The Morgan fingerprint density at radius 1 is 0.950 bits per heavy atom. The van der Waals surface area contributed by atoms with Crippen LogP contribution in [0.5, 0.6) is 0 Å². The highest BCUT2D eigenvalue weighted by Gasteiger charge is 2.37. The van der Waals surface area contributed by atoms with Crippen LogP contribution in [0.4, 0.5) is 0 Å². The van der Waals surface area contributed by atoms with Crippen molar-refractivity contribution in [3.05, 3.63) is 65.3 Å². The lowest BCUT2D eigenvalue weighted by Crippen LogP contribution is -2.27. The molecule has 1 aliphatic heterocycles. The zero-order valence-electron chi connectivity index (χ0n) is 11.3. The van der Waals surface area contributed by atoms with E-state index in [2.05, 4.69) is 0 Å². The highest BCUT2D eigenvalue weighted by atomic mass is 16.2. The van der Waals surface area contributed by atoms with Crippen molar-refractivity contribution in [1.82, 2.24) is 4.90 Å². The minimum Gasteiger partial charge on any atom is -0.277 e. The number of nitrogens with zero attached hydrogens (tertiary/aromatic N) is 1. The number of carbonyl (C=O) groups excluding carboxylic acids is 2. The van der Waals surface area contributed by atoms with E-state index in [9.17, 15) is 9.59 Å². The van der Waals surface area contributed by atoms with E-state index in [-0.39, 0.29) is 11.8 Å². The van der Waals surface area contributed by atoms with E-state index >= 15 is 0 Å². The van der Waals surface area contributed by atoms with Gasteiger partial charge in [-0.1, -0.05) is 48.6 Å². The first-order valence-corrected chi connectivity index (χ1v) is 6.69. The monoisotopic (exact) mass is 265 g/mol. The van der Waals surface area contributed by atoms with E-state index < -0.39 is 0 Å². The van der Waals surface area contributed by atoms with Gasteiger partial charge in [0.1, 0.15) is 0 Å². The average Bonchev–Trinajstić information content (AvgIpc) is 2.73. The Kier molecular flexibility index (Phi) is 3.11. The molecule has 0 unspecified atom stereocenters. The van der Waals surface area contributed by atoms with Crippen molar-refractivity contribution in [1.29, 1.82) is 0 Å². The summed E-state index contributed by atoms with van der Waals surface area (Å²) >= 11 is 0. The van der Waals surface area contributed by atoms with Crippen LogP contribution in [0.2, 0.25) is 0 Å². The molecule has 1 aliphatic carbocycles. The van der Waals surface area contributed by atoms with Gasteiger partial charge >= 0.3 is 0 Å². The third-order valence-electron chi connectivity index (χ3n) is 3.63. The van der Waals surface area contributed by atoms with Gasteiger partial charge in [0.25, 0.3) is 11.8 Å². The fourth-order valence-electron chi connectivity index (χ4n) is 2.58. The molecule has 3 nitrogen and oxygen atoms in total. The maximum Gasteiger partial charge on any atom is 0.261 e. The normalized spacial score (nSPS) is 18.9. The lowest BCUT2D eigenvalue weighted by atomic mass is 9.93. The predicted octanol–water partition coefficient (Wildman–Crippen LogP) is 2.72. The molecule has 0 spiro atoms. The van der Waals surface area contributed by atoms with Gasteiger partial charge in [0.05, 0.1) is 11.1 Å². The van der Waals surface area contributed by atoms with Crippen molar-refractivity contribution in [2.24, 2.45) is 0 Å². The molecule has 0 fully saturated rings. The lowest BCUT2D eigenvalue weighted by molar-refractivity contribution is -0.135. The number of likely N-dealkylation sites (N-methyl/N-ethyl adjacent to an activating group) is 1. The van der Waals surface area contributed by atoms with Crippen LogP contribution in [0.1, 0.15) is 18.4 Å². The number of hydrogen-bond donors (Lipinski definition) is 0. The van der Waals surface area contributed by atoms with Gasteiger partial charge in [-0.25, -0.2) is 0 Å². The van der Waals surface area contributed by atoms with Crippen molar-refractivity contribution in [2.45, 2.75) is 12.8 Å². The maximum atomic E-state index is 12.4. The van der Waals surface area contributed by atoms with Gasteiger partial charge in [0, 0.05) is 7.05 Å². The van der Waals surface area contributed by atoms with Gasteiger partial charge in [-0.3, -0.25) is 14.5 Å². The number of rotatable bonds is 2. The summed E-state index contributed by atoms with van der Waals surface area (Å²) in [5.41, 5.74) is 2.69. The predicted molar refractivity (Wildman–Crippen MR) is 77.6 cm³/mol. The summed E-state index contributed by atoms with van der Waals surface area (Å²) < 4.78 is 0. The quantitative estimate of drug-likeness (QED) is 0.771. The van der Waals surface area contributed by atoms with Crippen LogP contribution in [-0.4, -0.2) is 23.8 Å². The summed E-state index contributed by atoms with van der Waals surface area (Å²) in [6.45, 7) is 0. The second kappa shape index (κ2) is 4.93.